The monoisotopic (exact) mass is 696 g/mol. The molecule has 260 valence electrons. The Hall–Kier alpha value is -6.20. The van der Waals surface area contributed by atoms with E-state index in [9.17, 15) is 0 Å². The van der Waals surface area contributed by atoms with Gasteiger partial charge in [-0.1, -0.05) is 112 Å². The van der Waals surface area contributed by atoms with Crippen LogP contribution in [0.2, 0.25) is 0 Å². The summed E-state index contributed by atoms with van der Waals surface area (Å²) in [4.78, 5) is 7.84. The van der Waals surface area contributed by atoms with E-state index in [0.29, 0.717) is 0 Å². The zero-order valence-corrected chi connectivity index (χ0v) is 31.4. The number of aromatic nitrogens is 1. The number of para-hydroxylation sites is 5. The van der Waals surface area contributed by atoms with E-state index in [1.54, 1.807) is 0 Å². The molecule has 4 nitrogen and oxygen atoms in total. The summed E-state index contributed by atoms with van der Waals surface area (Å²) in [6, 6.07) is 58.5. The first-order valence-electron chi connectivity index (χ1n) is 19.2. The van der Waals surface area contributed by atoms with Gasteiger partial charge >= 0.3 is 0 Å². The minimum atomic E-state index is -0.452. The van der Waals surface area contributed by atoms with Crippen LogP contribution in [0.3, 0.4) is 0 Å². The third kappa shape index (κ3) is 4.10. The molecule has 8 aromatic rings. The van der Waals surface area contributed by atoms with Crippen molar-refractivity contribution in [3.63, 3.8) is 0 Å². The van der Waals surface area contributed by atoms with Gasteiger partial charge in [-0.2, -0.15) is 0 Å². The Morgan fingerprint density at radius 2 is 1.09 bits per heavy atom. The van der Waals surface area contributed by atoms with Crippen molar-refractivity contribution in [2.24, 2.45) is 0 Å². The molecule has 4 heterocycles. The predicted octanol–water partition coefficient (Wildman–Crippen LogP) is 10.7. The number of benzene rings is 7. The average molecular weight is 697 g/mol. The van der Waals surface area contributed by atoms with E-state index in [-0.39, 0.29) is 12.1 Å². The molecule has 5 heteroatoms. The maximum Gasteiger partial charge on any atom is 0.252 e. The number of hydrogen-bond acceptors (Lipinski definition) is 3. The summed E-state index contributed by atoms with van der Waals surface area (Å²) in [6.07, 6.45) is 0. The largest absolute Gasteiger partial charge is 0.317 e. The fourth-order valence-corrected chi connectivity index (χ4v) is 9.85. The molecular formula is C49H41BN4. The minimum absolute atomic E-state index is 0.0309. The highest BCUT2D eigenvalue weighted by molar-refractivity contribution is 7.00. The van der Waals surface area contributed by atoms with Crippen LogP contribution in [-0.4, -0.2) is 16.9 Å². The van der Waals surface area contributed by atoms with Gasteiger partial charge in [0.15, 0.2) is 0 Å². The van der Waals surface area contributed by atoms with Crippen molar-refractivity contribution >= 4 is 84.7 Å². The highest BCUT2D eigenvalue weighted by Crippen LogP contribution is 2.58. The zero-order chi connectivity index (χ0) is 36.5. The fourth-order valence-electron chi connectivity index (χ4n) is 9.85. The van der Waals surface area contributed by atoms with Crippen LogP contribution >= 0.6 is 0 Å². The lowest BCUT2D eigenvalue weighted by molar-refractivity contribution is 0.539. The highest BCUT2D eigenvalue weighted by atomic mass is 15.5. The number of nitrogens with zero attached hydrogens (tertiary/aromatic N) is 4. The van der Waals surface area contributed by atoms with Gasteiger partial charge in [0, 0.05) is 44.9 Å². The highest BCUT2D eigenvalue weighted by Gasteiger charge is 2.54. The van der Waals surface area contributed by atoms with Gasteiger partial charge in [-0.25, -0.2) is 0 Å². The molecule has 0 fully saturated rings. The number of rotatable bonds is 3. The molecule has 3 aliphatic rings. The molecular weight excluding hydrogens is 655 g/mol. The van der Waals surface area contributed by atoms with E-state index in [1.807, 2.05) is 0 Å². The molecule has 0 spiro atoms. The molecule has 3 aliphatic heterocycles. The standard InChI is InChI=1S/C49H41BN4/c1-48(2,3)32-29-42-45-43(30-32)54-46-38(50(45)37-26-16-18-28-40(37)52(42)34-21-11-7-12-22-34)31-41-44(47(46)53(49(54,4)5)35-23-13-8-14-24-35)36-25-15-17-27-39(36)51(41)33-19-9-6-10-20-33/h6-31H,1-5H3. The van der Waals surface area contributed by atoms with Crippen LogP contribution in [0, 0.1) is 0 Å². The molecule has 7 aromatic carbocycles. The first kappa shape index (κ1) is 31.3. The molecule has 0 radical (unpaired) electrons. The Morgan fingerprint density at radius 3 is 1.80 bits per heavy atom. The molecule has 0 bridgehead atoms. The third-order valence-corrected chi connectivity index (χ3v) is 12.1. The SMILES string of the molecule is CC(C)(C)c1cc2c3c(c1)N1c4c(cc5c(c4N(c4ccccc4)C1(C)C)c1ccccc1n5-c1ccccc1)B3c1ccccc1N2c1ccccc1. The zero-order valence-electron chi connectivity index (χ0n) is 31.4. The number of anilines is 7. The Bertz CT molecular complexity index is 2800. The molecule has 0 unspecified atom stereocenters. The van der Waals surface area contributed by atoms with Gasteiger partial charge in [-0.3, -0.25) is 0 Å². The van der Waals surface area contributed by atoms with E-state index in [2.05, 4.69) is 212 Å². The van der Waals surface area contributed by atoms with E-state index < -0.39 is 5.66 Å². The van der Waals surface area contributed by atoms with E-state index in [1.165, 1.54) is 89.3 Å². The second-order valence-electron chi connectivity index (χ2n) is 16.6. The summed E-state index contributed by atoms with van der Waals surface area (Å²) >= 11 is 0. The number of fused-ring (bicyclic) bond motifs is 8. The molecule has 11 rings (SSSR count). The normalized spacial score (nSPS) is 15.1. The Balaban J connectivity index is 1.35. The second kappa shape index (κ2) is 10.9. The van der Waals surface area contributed by atoms with Crippen molar-refractivity contribution in [1.82, 2.24) is 4.57 Å². The van der Waals surface area contributed by atoms with Crippen molar-refractivity contribution in [3.8, 4) is 5.69 Å². The Kier molecular flexibility index (Phi) is 6.34. The Morgan fingerprint density at radius 1 is 0.500 bits per heavy atom. The first-order chi connectivity index (χ1) is 26.2. The van der Waals surface area contributed by atoms with Gasteiger partial charge in [0.05, 0.1) is 22.4 Å². The van der Waals surface area contributed by atoms with Crippen LogP contribution in [0.5, 0.6) is 0 Å². The summed E-state index contributed by atoms with van der Waals surface area (Å²) in [5, 5.41) is 2.56. The van der Waals surface area contributed by atoms with Gasteiger partial charge in [0.25, 0.3) is 6.71 Å². The number of hydrogen-bond donors (Lipinski definition) is 0. The van der Waals surface area contributed by atoms with Gasteiger partial charge in [0.1, 0.15) is 5.66 Å². The second-order valence-corrected chi connectivity index (χ2v) is 16.6. The topological polar surface area (TPSA) is 14.7 Å². The quantitative estimate of drug-likeness (QED) is 0.171. The molecule has 0 saturated heterocycles. The van der Waals surface area contributed by atoms with Crippen molar-refractivity contribution in [2.45, 2.75) is 45.7 Å². The summed E-state index contributed by atoms with van der Waals surface area (Å²) in [5.41, 5.74) is 17.2. The molecule has 0 amide bonds. The van der Waals surface area contributed by atoms with Gasteiger partial charge < -0.3 is 19.3 Å². The van der Waals surface area contributed by atoms with Crippen LogP contribution in [0.25, 0.3) is 27.5 Å². The van der Waals surface area contributed by atoms with E-state index >= 15 is 0 Å². The van der Waals surface area contributed by atoms with Crippen molar-refractivity contribution < 1.29 is 0 Å². The van der Waals surface area contributed by atoms with Crippen molar-refractivity contribution in [1.29, 1.82) is 0 Å². The van der Waals surface area contributed by atoms with Gasteiger partial charge in [0.2, 0.25) is 0 Å². The van der Waals surface area contributed by atoms with Crippen LogP contribution < -0.4 is 31.1 Å². The molecule has 1 aromatic heterocycles. The third-order valence-electron chi connectivity index (χ3n) is 12.1. The lowest BCUT2D eigenvalue weighted by atomic mass is 9.33. The average Bonchev–Trinajstić information content (AvgIpc) is 3.65. The summed E-state index contributed by atoms with van der Waals surface area (Å²) in [5.74, 6) is 0. The molecule has 0 N–H and O–H groups in total. The summed E-state index contributed by atoms with van der Waals surface area (Å²) in [6.45, 7) is 11.9. The van der Waals surface area contributed by atoms with E-state index in [4.69, 9.17) is 0 Å². The van der Waals surface area contributed by atoms with Crippen molar-refractivity contribution in [3.05, 3.63) is 163 Å². The molecule has 0 atom stereocenters. The van der Waals surface area contributed by atoms with Crippen LogP contribution in [-0.2, 0) is 5.41 Å². The lowest BCUT2D eigenvalue weighted by Gasteiger charge is -2.47. The fraction of sp³-hybridized carbons (Fsp3) is 0.143. The summed E-state index contributed by atoms with van der Waals surface area (Å²) < 4.78 is 2.49. The minimum Gasteiger partial charge on any atom is -0.317 e. The van der Waals surface area contributed by atoms with Gasteiger partial charge in [-0.05, 0) is 108 Å². The van der Waals surface area contributed by atoms with Crippen molar-refractivity contribution in [2.75, 3.05) is 14.7 Å². The molecule has 0 aliphatic carbocycles. The maximum atomic E-state index is 2.69. The van der Waals surface area contributed by atoms with Crippen LogP contribution in [0.1, 0.15) is 40.2 Å². The van der Waals surface area contributed by atoms with E-state index in [0.717, 1.165) is 0 Å². The smallest absolute Gasteiger partial charge is 0.252 e. The van der Waals surface area contributed by atoms with Crippen LogP contribution in [0.15, 0.2) is 158 Å². The Labute approximate surface area is 317 Å². The molecule has 54 heavy (non-hydrogen) atoms. The maximum absolute atomic E-state index is 2.69. The lowest BCUT2D eigenvalue weighted by Crippen LogP contribution is -2.63. The summed E-state index contributed by atoms with van der Waals surface area (Å²) in [7, 11) is 0. The first-order valence-corrected chi connectivity index (χ1v) is 19.2. The molecule has 0 saturated carbocycles. The van der Waals surface area contributed by atoms with Crippen LogP contribution in [0.4, 0.5) is 39.8 Å². The van der Waals surface area contributed by atoms with Gasteiger partial charge in [-0.15, -0.1) is 0 Å². The predicted molar refractivity (Wildman–Crippen MR) is 230 cm³/mol.